The maximum atomic E-state index is 12.2. The summed E-state index contributed by atoms with van der Waals surface area (Å²) in [5.41, 5.74) is 0.164. The largest absolute Gasteiger partial charge is 0.451 e. The number of hydrogen-bond donors (Lipinski definition) is 1. The Balaban J connectivity index is 1.54. The molecule has 25 heavy (non-hydrogen) atoms. The lowest BCUT2D eigenvalue weighted by Crippen LogP contribution is -2.34. The van der Waals surface area contributed by atoms with E-state index in [1.807, 2.05) is 4.90 Å². The zero-order valence-electron chi connectivity index (χ0n) is 14.1. The van der Waals surface area contributed by atoms with Gasteiger partial charge in [-0.15, -0.1) is 0 Å². The van der Waals surface area contributed by atoms with Crippen LogP contribution in [0.3, 0.4) is 0 Å². The molecule has 0 unspecified atom stereocenters. The van der Waals surface area contributed by atoms with Crippen molar-refractivity contribution in [1.29, 1.82) is 0 Å². The fourth-order valence-electron chi connectivity index (χ4n) is 3.05. The average Bonchev–Trinajstić information content (AvgIpc) is 2.83. The highest BCUT2D eigenvalue weighted by atomic mass is 16.3. The van der Waals surface area contributed by atoms with Gasteiger partial charge in [0.2, 0.25) is 5.91 Å². The molecule has 0 saturated carbocycles. The van der Waals surface area contributed by atoms with Gasteiger partial charge in [0.15, 0.2) is 11.2 Å². The third-order valence-electron chi connectivity index (χ3n) is 4.42. The molecule has 3 rings (SSSR count). The topological polar surface area (TPSA) is 79.6 Å². The van der Waals surface area contributed by atoms with E-state index in [2.05, 4.69) is 5.32 Å². The molecule has 0 radical (unpaired) electrons. The summed E-state index contributed by atoms with van der Waals surface area (Å²) in [5, 5.41) is 3.21. The molecule has 1 aromatic carbocycles. The Morgan fingerprint density at radius 1 is 1.16 bits per heavy atom. The lowest BCUT2D eigenvalue weighted by atomic mass is 10.2. The van der Waals surface area contributed by atoms with Gasteiger partial charge in [0.05, 0.1) is 5.39 Å². The number of nitrogens with one attached hydrogen (secondary N) is 1. The Labute approximate surface area is 145 Å². The minimum absolute atomic E-state index is 0.00884. The molecule has 1 fully saturated rings. The number of nitrogens with zero attached hydrogens (tertiary/aromatic N) is 1. The van der Waals surface area contributed by atoms with Crippen LogP contribution in [0.25, 0.3) is 11.0 Å². The molecular weight excluding hydrogens is 320 g/mol. The van der Waals surface area contributed by atoms with Crippen LogP contribution in [0, 0.1) is 0 Å². The number of hydrogen-bond acceptors (Lipinski definition) is 4. The molecule has 1 saturated heterocycles. The molecule has 2 heterocycles. The Hall–Kier alpha value is -2.63. The second kappa shape index (κ2) is 7.96. The number of para-hydroxylation sites is 1. The Morgan fingerprint density at radius 3 is 2.88 bits per heavy atom. The number of amides is 2. The van der Waals surface area contributed by atoms with Crippen molar-refractivity contribution in [1.82, 2.24) is 10.2 Å². The predicted octanol–water partition coefficient (Wildman–Crippen LogP) is 2.32. The van der Waals surface area contributed by atoms with E-state index in [1.165, 1.54) is 6.07 Å². The molecule has 132 valence electrons. The molecule has 0 atom stereocenters. The van der Waals surface area contributed by atoms with E-state index in [0.717, 1.165) is 25.8 Å². The normalized spacial score (nSPS) is 15.2. The van der Waals surface area contributed by atoms with Crippen LogP contribution in [0.15, 0.2) is 39.5 Å². The standard InChI is InChI=1S/C19H22N2O4/c22-15-13-17(25-16-8-4-3-7-14(15)16)19(24)20-10-6-12-21-11-5-1-2-9-18(21)23/h3-4,7-8,13H,1-2,5-6,9-12H2,(H,20,24). The Kier molecular flexibility index (Phi) is 5.48. The number of rotatable bonds is 5. The molecule has 0 spiro atoms. The summed E-state index contributed by atoms with van der Waals surface area (Å²) < 4.78 is 5.51. The lowest BCUT2D eigenvalue weighted by molar-refractivity contribution is -0.130. The van der Waals surface area contributed by atoms with E-state index in [-0.39, 0.29) is 17.1 Å². The third-order valence-corrected chi connectivity index (χ3v) is 4.42. The summed E-state index contributed by atoms with van der Waals surface area (Å²) in [4.78, 5) is 38.0. The van der Waals surface area contributed by atoms with E-state index < -0.39 is 5.91 Å². The number of carbonyl (C=O) groups excluding carboxylic acids is 2. The molecule has 6 heteroatoms. The van der Waals surface area contributed by atoms with Gasteiger partial charge >= 0.3 is 0 Å². The SMILES string of the molecule is O=C(NCCCN1CCCCCC1=O)c1cc(=O)c2ccccc2o1. The monoisotopic (exact) mass is 342 g/mol. The van der Waals surface area contributed by atoms with Gasteiger partial charge in [-0.25, -0.2) is 0 Å². The molecule has 1 aliphatic heterocycles. The third kappa shape index (κ3) is 4.26. The first-order chi connectivity index (χ1) is 12.1. The summed E-state index contributed by atoms with van der Waals surface area (Å²) in [6, 6.07) is 8.06. The van der Waals surface area contributed by atoms with Crippen molar-refractivity contribution in [2.24, 2.45) is 0 Å². The number of fused-ring (bicyclic) bond motifs is 1. The highest BCUT2D eigenvalue weighted by Crippen LogP contribution is 2.12. The van der Waals surface area contributed by atoms with E-state index >= 15 is 0 Å². The van der Waals surface area contributed by atoms with Crippen LogP contribution in [0.4, 0.5) is 0 Å². The van der Waals surface area contributed by atoms with Crippen molar-refractivity contribution in [3.05, 3.63) is 46.3 Å². The minimum Gasteiger partial charge on any atom is -0.451 e. The first-order valence-corrected chi connectivity index (χ1v) is 8.74. The lowest BCUT2D eigenvalue weighted by Gasteiger charge is -2.20. The van der Waals surface area contributed by atoms with Crippen LogP contribution >= 0.6 is 0 Å². The maximum Gasteiger partial charge on any atom is 0.287 e. The summed E-state index contributed by atoms with van der Waals surface area (Å²) in [5.74, 6) is -0.205. The van der Waals surface area contributed by atoms with Crippen molar-refractivity contribution in [2.45, 2.75) is 32.1 Å². The van der Waals surface area contributed by atoms with Crippen molar-refractivity contribution >= 4 is 22.8 Å². The number of likely N-dealkylation sites (tertiary alicyclic amines) is 1. The van der Waals surface area contributed by atoms with Crippen LogP contribution in [0.5, 0.6) is 0 Å². The molecule has 2 amide bonds. The molecule has 2 aromatic rings. The van der Waals surface area contributed by atoms with E-state index in [0.29, 0.717) is 36.9 Å². The second-order valence-electron chi connectivity index (χ2n) is 6.27. The van der Waals surface area contributed by atoms with Gasteiger partial charge in [0.25, 0.3) is 5.91 Å². The van der Waals surface area contributed by atoms with Gasteiger partial charge in [-0.3, -0.25) is 14.4 Å². The molecule has 0 bridgehead atoms. The molecule has 6 nitrogen and oxygen atoms in total. The van der Waals surface area contributed by atoms with Gasteiger partial charge in [-0.2, -0.15) is 0 Å². The second-order valence-corrected chi connectivity index (χ2v) is 6.27. The van der Waals surface area contributed by atoms with Gasteiger partial charge in [0.1, 0.15) is 5.58 Å². The highest BCUT2D eigenvalue weighted by Gasteiger charge is 2.16. The fourth-order valence-corrected chi connectivity index (χ4v) is 3.05. The van der Waals surface area contributed by atoms with Crippen LogP contribution in [0.2, 0.25) is 0 Å². The number of carbonyl (C=O) groups is 2. The quantitative estimate of drug-likeness (QED) is 0.846. The molecule has 1 N–H and O–H groups in total. The van der Waals surface area contributed by atoms with E-state index in [9.17, 15) is 14.4 Å². The first kappa shape index (κ1) is 17.2. The van der Waals surface area contributed by atoms with E-state index in [1.54, 1.807) is 24.3 Å². The zero-order valence-corrected chi connectivity index (χ0v) is 14.1. The highest BCUT2D eigenvalue weighted by molar-refractivity contribution is 5.93. The zero-order chi connectivity index (χ0) is 17.6. The predicted molar refractivity (Wildman–Crippen MR) is 94.5 cm³/mol. The van der Waals surface area contributed by atoms with Crippen molar-refractivity contribution in [3.8, 4) is 0 Å². The van der Waals surface area contributed by atoms with Gasteiger partial charge in [-0.05, 0) is 31.4 Å². The molecular formula is C19H22N2O4. The van der Waals surface area contributed by atoms with Crippen molar-refractivity contribution in [3.63, 3.8) is 0 Å². The maximum absolute atomic E-state index is 12.2. The smallest absolute Gasteiger partial charge is 0.287 e. The van der Waals surface area contributed by atoms with Gasteiger partial charge in [-0.1, -0.05) is 18.6 Å². The van der Waals surface area contributed by atoms with Crippen molar-refractivity contribution < 1.29 is 14.0 Å². The molecule has 1 aliphatic rings. The molecule has 0 aliphatic carbocycles. The first-order valence-electron chi connectivity index (χ1n) is 8.74. The van der Waals surface area contributed by atoms with Crippen LogP contribution in [0.1, 0.15) is 42.7 Å². The van der Waals surface area contributed by atoms with Crippen LogP contribution in [-0.4, -0.2) is 36.3 Å². The van der Waals surface area contributed by atoms with Crippen LogP contribution < -0.4 is 10.7 Å². The van der Waals surface area contributed by atoms with Crippen molar-refractivity contribution in [2.75, 3.05) is 19.6 Å². The average molecular weight is 342 g/mol. The number of benzene rings is 1. The Morgan fingerprint density at radius 2 is 2.00 bits per heavy atom. The van der Waals surface area contributed by atoms with E-state index in [4.69, 9.17) is 4.42 Å². The fraction of sp³-hybridized carbons (Fsp3) is 0.421. The molecule has 1 aromatic heterocycles. The van der Waals surface area contributed by atoms with Crippen LogP contribution in [-0.2, 0) is 4.79 Å². The summed E-state index contributed by atoms with van der Waals surface area (Å²) in [6.45, 7) is 1.87. The van der Waals surface area contributed by atoms with Gasteiger partial charge in [0, 0.05) is 32.1 Å². The summed E-state index contributed by atoms with van der Waals surface area (Å²) in [6.07, 6.45) is 4.40. The minimum atomic E-state index is -0.412. The Bertz CT molecular complexity index is 828. The van der Waals surface area contributed by atoms with Gasteiger partial charge < -0.3 is 14.6 Å². The summed E-state index contributed by atoms with van der Waals surface area (Å²) >= 11 is 0. The summed E-state index contributed by atoms with van der Waals surface area (Å²) in [7, 11) is 0.